The van der Waals surface area contributed by atoms with E-state index in [0.29, 0.717) is 6.61 Å². The first-order chi connectivity index (χ1) is 8.34. The normalized spacial score (nSPS) is 10.6. The largest absolute Gasteiger partial charge is 0.458 e. The van der Waals surface area contributed by atoms with Crippen LogP contribution in [0.25, 0.3) is 6.08 Å². The predicted molar refractivity (Wildman–Crippen MR) is 69.6 cm³/mol. The van der Waals surface area contributed by atoms with E-state index in [1.165, 1.54) is 6.08 Å². The van der Waals surface area contributed by atoms with E-state index in [1.807, 2.05) is 47.8 Å². The zero-order chi connectivity index (χ0) is 11.9. The van der Waals surface area contributed by atoms with Gasteiger partial charge in [0.05, 0.1) is 0 Å². The van der Waals surface area contributed by atoms with Crippen LogP contribution < -0.4 is 0 Å². The Kier molecular flexibility index (Phi) is 4.11. The molecule has 3 heteroatoms. The summed E-state index contributed by atoms with van der Waals surface area (Å²) in [7, 11) is 0. The van der Waals surface area contributed by atoms with Gasteiger partial charge in [-0.25, -0.2) is 4.79 Å². The van der Waals surface area contributed by atoms with Gasteiger partial charge in [-0.05, 0) is 23.1 Å². The molecular weight excluding hydrogens is 232 g/mol. The summed E-state index contributed by atoms with van der Waals surface area (Å²) in [4.78, 5) is 12.5. The second-order valence-electron chi connectivity index (χ2n) is 3.44. The van der Waals surface area contributed by atoms with E-state index in [1.54, 1.807) is 17.4 Å². The van der Waals surface area contributed by atoms with Gasteiger partial charge in [-0.1, -0.05) is 36.4 Å². The Morgan fingerprint density at radius 3 is 2.71 bits per heavy atom. The molecule has 2 nitrogen and oxygen atoms in total. The number of hydrogen-bond acceptors (Lipinski definition) is 3. The van der Waals surface area contributed by atoms with Crippen molar-refractivity contribution < 1.29 is 9.53 Å². The first-order valence-electron chi connectivity index (χ1n) is 5.27. The second-order valence-corrected chi connectivity index (χ2v) is 4.42. The van der Waals surface area contributed by atoms with Gasteiger partial charge < -0.3 is 4.74 Å². The van der Waals surface area contributed by atoms with Crippen molar-refractivity contribution >= 4 is 23.4 Å². The zero-order valence-corrected chi connectivity index (χ0v) is 10.0. The van der Waals surface area contributed by atoms with E-state index in [2.05, 4.69) is 0 Å². The lowest BCUT2D eigenvalue weighted by molar-refractivity contribution is -0.138. The molecule has 0 N–H and O–H groups in total. The maximum atomic E-state index is 11.4. The van der Waals surface area contributed by atoms with E-state index in [9.17, 15) is 4.79 Å². The predicted octanol–water partition coefficient (Wildman–Crippen LogP) is 3.50. The van der Waals surface area contributed by atoms with Crippen LogP contribution in [0.5, 0.6) is 0 Å². The van der Waals surface area contributed by atoms with Crippen LogP contribution in [0, 0.1) is 0 Å². The number of hydrogen-bond donors (Lipinski definition) is 0. The first kappa shape index (κ1) is 11.6. The van der Waals surface area contributed by atoms with Crippen molar-refractivity contribution in [1.29, 1.82) is 0 Å². The fourth-order valence-electron chi connectivity index (χ4n) is 1.31. The average molecular weight is 244 g/mol. The molecule has 1 aromatic heterocycles. The van der Waals surface area contributed by atoms with E-state index < -0.39 is 0 Å². The van der Waals surface area contributed by atoms with Crippen LogP contribution >= 0.6 is 11.3 Å². The van der Waals surface area contributed by atoms with Gasteiger partial charge in [0, 0.05) is 11.0 Å². The van der Waals surface area contributed by atoms with Gasteiger partial charge in [-0.15, -0.1) is 11.3 Å². The summed E-state index contributed by atoms with van der Waals surface area (Å²) in [6.45, 7) is 0.314. The Bertz CT molecular complexity index is 486. The van der Waals surface area contributed by atoms with Crippen LogP contribution in [0.2, 0.25) is 0 Å². The fraction of sp³-hybridized carbons (Fsp3) is 0.0714. The van der Waals surface area contributed by atoms with Crippen molar-refractivity contribution in [1.82, 2.24) is 0 Å². The molecule has 1 aromatic carbocycles. The highest BCUT2D eigenvalue weighted by Gasteiger charge is 1.98. The number of carbonyl (C=O) groups is 1. The van der Waals surface area contributed by atoms with Crippen molar-refractivity contribution in [2.75, 3.05) is 0 Å². The zero-order valence-electron chi connectivity index (χ0n) is 9.21. The molecular formula is C14H12O2S. The summed E-state index contributed by atoms with van der Waals surface area (Å²) in [5, 5.41) is 1.97. The highest BCUT2D eigenvalue weighted by molar-refractivity contribution is 7.10. The lowest BCUT2D eigenvalue weighted by Crippen LogP contribution is -2.00. The van der Waals surface area contributed by atoms with Crippen molar-refractivity contribution in [3.63, 3.8) is 0 Å². The van der Waals surface area contributed by atoms with E-state index >= 15 is 0 Å². The molecule has 0 saturated carbocycles. The quantitative estimate of drug-likeness (QED) is 0.607. The monoisotopic (exact) mass is 244 g/mol. The summed E-state index contributed by atoms with van der Waals surface area (Å²) in [5.41, 5.74) is 0.991. The Balaban J connectivity index is 1.82. The standard InChI is InChI=1S/C14H12O2S/c15-14(9-8-13-7-4-10-17-13)16-11-12-5-2-1-3-6-12/h1-10H,11H2. The van der Waals surface area contributed by atoms with Gasteiger partial charge in [-0.2, -0.15) is 0 Å². The third-order valence-corrected chi connectivity index (χ3v) is 2.99. The number of benzene rings is 1. The van der Waals surface area contributed by atoms with E-state index in [-0.39, 0.29) is 5.97 Å². The van der Waals surface area contributed by atoms with Gasteiger partial charge in [0.15, 0.2) is 0 Å². The molecule has 0 fully saturated rings. The third-order valence-electron chi connectivity index (χ3n) is 2.15. The molecule has 17 heavy (non-hydrogen) atoms. The molecule has 0 atom stereocenters. The summed E-state index contributed by atoms with van der Waals surface area (Å²) in [5.74, 6) is -0.317. The number of thiophene rings is 1. The minimum absolute atomic E-state index is 0.314. The number of esters is 1. The van der Waals surface area contributed by atoms with Gasteiger partial charge in [0.1, 0.15) is 6.61 Å². The Morgan fingerprint density at radius 2 is 2.00 bits per heavy atom. The topological polar surface area (TPSA) is 26.3 Å². The lowest BCUT2D eigenvalue weighted by Gasteiger charge is -2.01. The molecule has 0 saturated heterocycles. The molecule has 86 valence electrons. The average Bonchev–Trinajstić information content (AvgIpc) is 2.88. The highest BCUT2D eigenvalue weighted by atomic mass is 32.1. The molecule has 0 spiro atoms. The molecule has 1 heterocycles. The van der Waals surface area contributed by atoms with Crippen LogP contribution in [0.4, 0.5) is 0 Å². The Labute approximate surface area is 104 Å². The molecule has 2 aromatic rings. The van der Waals surface area contributed by atoms with Crippen LogP contribution in [-0.2, 0) is 16.1 Å². The third kappa shape index (κ3) is 3.89. The summed E-state index contributed by atoms with van der Waals surface area (Å²) < 4.78 is 5.11. The van der Waals surface area contributed by atoms with Crippen molar-refractivity contribution in [3.05, 3.63) is 64.4 Å². The molecule has 0 aliphatic heterocycles. The molecule has 0 amide bonds. The van der Waals surface area contributed by atoms with Crippen molar-refractivity contribution in [3.8, 4) is 0 Å². The molecule has 2 rings (SSSR count). The van der Waals surface area contributed by atoms with Gasteiger partial charge in [0.2, 0.25) is 0 Å². The van der Waals surface area contributed by atoms with Gasteiger partial charge >= 0.3 is 5.97 Å². The first-order valence-corrected chi connectivity index (χ1v) is 6.15. The second kappa shape index (κ2) is 6.01. The number of carbonyl (C=O) groups excluding carboxylic acids is 1. The molecule has 0 bridgehead atoms. The molecule has 0 radical (unpaired) electrons. The lowest BCUT2D eigenvalue weighted by atomic mass is 10.2. The Morgan fingerprint density at radius 1 is 1.18 bits per heavy atom. The maximum Gasteiger partial charge on any atom is 0.331 e. The van der Waals surface area contributed by atoms with Crippen LogP contribution in [0.3, 0.4) is 0 Å². The van der Waals surface area contributed by atoms with Gasteiger partial charge in [0.25, 0.3) is 0 Å². The molecule has 0 aliphatic rings. The van der Waals surface area contributed by atoms with E-state index in [0.717, 1.165) is 10.4 Å². The smallest absolute Gasteiger partial charge is 0.331 e. The maximum absolute atomic E-state index is 11.4. The van der Waals surface area contributed by atoms with Crippen LogP contribution in [0.1, 0.15) is 10.4 Å². The summed E-state index contributed by atoms with van der Waals surface area (Å²) in [6.07, 6.45) is 3.22. The number of rotatable bonds is 4. The molecule has 0 unspecified atom stereocenters. The van der Waals surface area contributed by atoms with Crippen LogP contribution in [0.15, 0.2) is 53.9 Å². The Hall–Kier alpha value is -1.87. The summed E-state index contributed by atoms with van der Waals surface area (Å²) >= 11 is 1.58. The molecule has 0 aliphatic carbocycles. The summed E-state index contributed by atoms with van der Waals surface area (Å²) in [6, 6.07) is 13.5. The van der Waals surface area contributed by atoms with Gasteiger partial charge in [-0.3, -0.25) is 0 Å². The highest BCUT2D eigenvalue weighted by Crippen LogP contribution is 2.10. The number of ether oxygens (including phenoxy) is 1. The van der Waals surface area contributed by atoms with Crippen molar-refractivity contribution in [2.24, 2.45) is 0 Å². The minimum Gasteiger partial charge on any atom is -0.458 e. The van der Waals surface area contributed by atoms with Crippen molar-refractivity contribution in [2.45, 2.75) is 6.61 Å². The minimum atomic E-state index is -0.317. The van der Waals surface area contributed by atoms with E-state index in [4.69, 9.17) is 4.74 Å². The fourth-order valence-corrected chi connectivity index (χ4v) is 1.93. The SMILES string of the molecule is O=C(C=Cc1cccs1)OCc1ccccc1. The van der Waals surface area contributed by atoms with Crippen LogP contribution in [-0.4, -0.2) is 5.97 Å².